The van der Waals surface area contributed by atoms with E-state index in [-0.39, 0.29) is 10.7 Å². The molecule has 0 unspecified atom stereocenters. The Morgan fingerprint density at radius 1 is 1.05 bits per heavy atom. The van der Waals surface area contributed by atoms with Crippen LogP contribution in [0.25, 0.3) is 0 Å². The van der Waals surface area contributed by atoms with Gasteiger partial charge < -0.3 is 10.6 Å². The Balaban J connectivity index is 2.09. The van der Waals surface area contributed by atoms with Crippen LogP contribution in [0.1, 0.15) is 11.1 Å². The van der Waals surface area contributed by atoms with Crippen molar-refractivity contribution in [2.24, 2.45) is 0 Å². The monoisotopic (exact) mass is 292 g/mol. The van der Waals surface area contributed by atoms with E-state index in [0.717, 1.165) is 11.1 Å². The molecule has 0 spiro atoms. The first-order chi connectivity index (χ1) is 9.45. The van der Waals surface area contributed by atoms with Crippen LogP contribution in [-0.2, 0) is 0 Å². The third-order valence-corrected chi connectivity index (χ3v) is 3.27. The maximum atomic E-state index is 13.1. The van der Waals surface area contributed by atoms with Gasteiger partial charge in [-0.05, 0) is 55.3 Å². The van der Waals surface area contributed by atoms with Crippen molar-refractivity contribution >= 4 is 29.0 Å². The van der Waals surface area contributed by atoms with Crippen molar-refractivity contribution in [3.63, 3.8) is 0 Å². The number of hydrogen-bond acceptors (Lipinski definition) is 1. The fourth-order valence-electron chi connectivity index (χ4n) is 1.70. The highest BCUT2D eigenvalue weighted by Gasteiger charge is 2.07. The maximum absolute atomic E-state index is 13.1. The topological polar surface area (TPSA) is 41.1 Å². The van der Waals surface area contributed by atoms with Crippen molar-refractivity contribution in [2.45, 2.75) is 13.8 Å². The number of halogens is 2. The summed E-state index contributed by atoms with van der Waals surface area (Å²) in [4.78, 5) is 11.8. The lowest BCUT2D eigenvalue weighted by Gasteiger charge is -2.10. The fourth-order valence-corrected chi connectivity index (χ4v) is 1.86. The summed E-state index contributed by atoms with van der Waals surface area (Å²) in [5, 5.41) is 5.46. The molecule has 20 heavy (non-hydrogen) atoms. The highest BCUT2D eigenvalue weighted by molar-refractivity contribution is 6.33. The van der Waals surface area contributed by atoms with Gasteiger partial charge >= 0.3 is 6.03 Å². The molecule has 104 valence electrons. The second kappa shape index (κ2) is 5.92. The molecule has 3 nitrogen and oxygen atoms in total. The molecule has 2 N–H and O–H groups in total. The van der Waals surface area contributed by atoms with Crippen LogP contribution in [0, 0.1) is 19.7 Å². The molecule has 2 aromatic carbocycles. The van der Waals surface area contributed by atoms with E-state index in [9.17, 15) is 9.18 Å². The molecule has 0 saturated heterocycles. The Kier molecular flexibility index (Phi) is 4.25. The van der Waals surface area contributed by atoms with Crippen LogP contribution >= 0.6 is 11.6 Å². The van der Waals surface area contributed by atoms with Gasteiger partial charge in [-0.2, -0.15) is 0 Å². The van der Waals surface area contributed by atoms with Gasteiger partial charge in [-0.15, -0.1) is 0 Å². The molecule has 2 amide bonds. The highest BCUT2D eigenvalue weighted by atomic mass is 35.5. The summed E-state index contributed by atoms with van der Waals surface area (Å²) >= 11 is 5.88. The van der Waals surface area contributed by atoms with Gasteiger partial charge in [0.15, 0.2) is 0 Å². The van der Waals surface area contributed by atoms with Crippen LogP contribution in [0.4, 0.5) is 20.6 Å². The number of carbonyl (C=O) groups excluding carboxylic acids is 1. The van der Waals surface area contributed by atoms with E-state index < -0.39 is 11.8 Å². The average Bonchev–Trinajstić information content (AvgIpc) is 2.38. The minimum absolute atomic E-state index is 0.230. The number of benzene rings is 2. The van der Waals surface area contributed by atoms with Gasteiger partial charge in [-0.1, -0.05) is 17.7 Å². The first-order valence-electron chi connectivity index (χ1n) is 6.06. The maximum Gasteiger partial charge on any atom is 0.323 e. The van der Waals surface area contributed by atoms with E-state index in [1.165, 1.54) is 18.2 Å². The molecule has 0 bridgehead atoms. The SMILES string of the molecule is Cc1ccc(NC(=O)Nc2cc(F)ccc2Cl)cc1C. The summed E-state index contributed by atoms with van der Waals surface area (Å²) in [7, 11) is 0. The van der Waals surface area contributed by atoms with Gasteiger partial charge in [0.05, 0.1) is 10.7 Å². The predicted molar refractivity (Wildman–Crippen MR) is 80.0 cm³/mol. The normalized spacial score (nSPS) is 10.2. The number of anilines is 2. The summed E-state index contributed by atoms with van der Waals surface area (Å²) in [5.74, 6) is -0.462. The summed E-state index contributed by atoms with van der Waals surface area (Å²) in [6.07, 6.45) is 0. The second-order valence-electron chi connectivity index (χ2n) is 4.50. The Hall–Kier alpha value is -2.07. The third kappa shape index (κ3) is 3.48. The Labute approximate surface area is 121 Å². The highest BCUT2D eigenvalue weighted by Crippen LogP contribution is 2.22. The summed E-state index contributed by atoms with van der Waals surface area (Å²) in [6.45, 7) is 3.95. The molecule has 2 aromatic rings. The lowest BCUT2D eigenvalue weighted by Crippen LogP contribution is -2.19. The molecule has 0 saturated carbocycles. The zero-order valence-corrected chi connectivity index (χ0v) is 11.9. The molecule has 0 radical (unpaired) electrons. The van der Waals surface area contributed by atoms with Gasteiger partial charge in [-0.3, -0.25) is 0 Å². The standard InChI is InChI=1S/C15H14ClFN2O/c1-9-3-5-12(7-10(9)2)18-15(20)19-14-8-11(17)4-6-13(14)16/h3-8H,1-2H3,(H2,18,19,20). The first-order valence-corrected chi connectivity index (χ1v) is 6.44. The smallest absolute Gasteiger partial charge is 0.308 e. The van der Waals surface area contributed by atoms with E-state index in [1.807, 2.05) is 26.0 Å². The quantitative estimate of drug-likeness (QED) is 0.824. The predicted octanol–water partition coefficient (Wildman–Crippen LogP) is 4.74. The first kappa shape index (κ1) is 14.3. The summed E-state index contributed by atoms with van der Waals surface area (Å²) in [5.41, 5.74) is 3.11. The van der Waals surface area contributed by atoms with Gasteiger partial charge in [0, 0.05) is 5.69 Å². The van der Waals surface area contributed by atoms with Gasteiger partial charge in [-0.25, -0.2) is 9.18 Å². The van der Waals surface area contributed by atoms with Crippen LogP contribution in [0.3, 0.4) is 0 Å². The summed E-state index contributed by atoms with van der Waals surface area (Å²) in [6, 6.07) is 8.90. The zero-order valence-electron chi connectivity index (χ0n) is 11.1. The van der Waals surface area contributed by atoms with Crippen molar-refractivity contribution < 1.29 is 9.18 Å². The number of rotatable bonds is 2. The number of amides is 2. The van der Waals surface area contributed by atoms with Crippen LogP contribution in [0.2, 0.25) is 5.02 Å². The Morgan fingerprint density at radius 3 is 2.50 bits per heavy atom. The van der Waals surface area contributed by atoms with E-state index in [1.54, 1.807) is 6.07 Å². The number of hydrogen-bond donors (Lipinski definition) is 2. The van der Waals surface area contributed by atoms with E-state index in [4.69, 9.17) is 11.6 Å². The third-order valence-electron chi connectivity index (χ3n) is 2.94. The summed E-state index contributed by atoms with van der Waals surface area (Å²) < 4.78 is 13.1. The zero-order chi connectivity index (χ0) is 14.7. The van der Waals surface area contributed by atoms with E-state index in [0.29, 0.717) is 5.69 Å². The Morgan fingerprint density at radius 2 is 1.80 bits per heavy atom. The minimum Gasteiger partial charge on any atom is -0.308 e. The van der Waals surface area contributed by atoms with Gasteiger partial charge in [0.25, 0.3) is 0 Å². The number of carbonyl (C=O) groups is 1. The van der Waals surface area contributed by atoms with Gasteiger partial charge in [0.2, 0.25) is 0 Å². The molecule has 0 aliphatic carbocycles. The Bertz CT molecular complexity index is 658. The van der Waals surface area contributed by atoms with Crippen LogP contribution < -0.4 is 10.6 Å². The van der Waals surface area contributed by atoms with Crippen molar-refractivity contribution in [2.75, 3.05) is 10.6 Å². The molecule has 0 heterocycles. The van der Waals surface area contributed by atoms with Crippen molar-refractivity contribution in [3.8, 4) is 0 Å². The largest absolute Gasteiger partial charge is 0.323 e. The van der Waals surface area contributed by atoms with Crippen molar-refractivity contribution in [3.05, 3.63) is 58.4 Å². The molecular formula is C15H14ClFN2O. The number of nitrogens with one attached hydrogen (secondary N) is 2. The molecule has 2 rings (SSSR count). The fraction of sp³-hybridized carbons (Fsp3) is 0.133. The molecule has 0 atom stereocenters. The van der Waals surface area contributed by atoms with E-state index in [2.05, 4.69) is 10.6 Å². The molecule has 5 heteroatoms. The van der Waals surface area contributed by atoms with Crippen molar-refractivity contribution in [1.29, 1.82) is 0 Å². The molecule has 0 fully saturated rings. The molecule has 0 aliphatic heterocycles. The van der Waals surface area contributed by atoms with Crippen molar-refractivity contribution in [1.82, 2.24) is 0 Å². The van der Waals surface area contributed by atoms with Crippen LogP contribution in [0.5, 0.6) is 0 Å². The average molecular weight is 293 g/mol. The van der Waals surface area contributed by atoms with Crippen LogP contribution in [-0.4, -0.2) is 6.03 Å². The lowest BCUT2D eigenvalue weighted by atomic mass is 10.1. The van der Waals surface area contributed by atoms with E-state index >= 15 is 0 Å². The van der Waals surface area contributed by atoms with Gasteiger partial charge in [0.1, 0.15) is 5.82 Å². The molecular weight excluding hydrogens is 279 g/mol. The molecule has 0 aliphatic rings. The number of aryl methyl sites for hydroxylation is 2. The minimum atomic E-state index is -0.472. The second-order valence-corrected chi connectivity index (χ2v) is 4.91. The van der Waals surface area contributed by atoms with Crippen LogP contribution in [0.15, 0.2) is 36.4 Å². The lowest BCUT2D eigenvalue weighted by molar-refractivity contribution is 0.262. The molecule has 0 aromatic heterocycles. The number of urea groups is 1.